The Hall–Kier alpha value is -1.75. The number of benzene rings is 1. The van der Waals surface area contributed by atoms with Crippen molar-refractivity contribution in [3.63, 3.8) is 0 Å². The molecule has 1 aromatic carbocycles. The molecule has 0 fully saturated rings. The Bertz CT molecular complexity index is 551. The number of ether oxygens (including phenoxy) is 1. The first-order valence-corrected chi connectivity index (χ1v) is 6.94. The Morgan fingerprint density at radius 1 is 1.32 bits per heavy atom. The molecule has 19 heavy (non-hydrogen) atoms. The minimum atomic E-state index is 0.704. The lowest BCUT2D eigenvalue weighted by atomic mass is 10.2. The van der Waals surface area contributed by atoms with Crippen LogP contribution in [-0.2, 0) is 6.54 Å². The summed E-state index contributed by atoms with van der Waals surface area (Å²) in [5, 5.41) is 4.38. The summed E-state index contributed by atoms with van der Waals surface area (Å²) in [5.41, 5.74) is 2.38. The van der Waals surface area contributed by atoms with Crippen molar-refractivity contribution in [1.29, 1.82) is 0 Å². The highest BCUT2D eigenvalue weighted by molar-refractivity contribution is 7.15. The van der Waals surface area contributed by atoms with E-state index < -0.39 is 0 Å². The van der Waals surface area contributed by atoms with Crippen LogP contribution in [0.2, 0.25) is 0 Å². The number of nitrogens with one attached hydrogen (secondary N) is 1. The maximum atomic E-state index is 5.33. The van der Waals surface area contributed by atoms with Crippen LogP contribution in [0.4, 0.5) is 10.8 Å². The summed E-state index contributed by atoms with van der Waals surface area (Å²) in [7, 11) is 5.62. The van der Waals surface area contributed by atoms with Crippen molar-refractivity contribution in [1.82, 2.24) is 4.98 Å². The molecule has 0 atom stereocenters. The smallest absolute Gasteiger partial charge is 0.231 e. The largest absolute Gasteiger partial charge is 0.480 e. The van der Waals surface area contributed by atoms with E-state index in [2.05, 4.69) is 29.4 Å². The van der Waals surface area contributed by atoms with E-state index in [-0.39, 0.29) is 0 Å². The zero-order chi connectivity index (χ0) is 13.8. The fraction of sp³-hybridized carbons (Fsp3) is 0.357. The van der Waals surface area contributed by atoms with Crippen LogP contribution < -0.4 is 15.0 Å². The second kappa shape index (κ2) is 5.93. The Balaban J connectivity index is 2.13. The number of aromatic nitrogens is 1. The highest BCUT2D eigenvalue weighted by Gasteiger charge is 2.12. The predicted molar refractivity (Wildman–Crippen MR) is 81.5 cm³/mol. The summed E-state index contributed by atoms with van der Waals surface area (Å²) in [5.74, 6) is 0.704. The first-order chi connectivity index (χ1) is 9.11. The third-order valence-corrected chi connectivity index (χ3v) is 4.01. The monoisotopic (exact) mass is 277 g/mol. The predicted octanol–water partition coefficient (Wildman–Crippen LogP) is 3.14. The van der Waals surface area contributed by atoms with E-state index in [1.807, 2.05) is 31.1 Å². The topological polar surface area (TPSA) is 37.4 Å². The van der Waals surface area contributed by atoms with Gasteiger partial charge in [-0.05, 0) is 18.6 Å². The third kappa shape index (κ3) is 3.17. The van der Waals surface area contributed by atoms with E-state index in [0.717, 1.165) is 22.2 Å². The molecule has 0 bridgehead atoms. The summed E-state index contributed by atoms with van der Waals surface area (Å²) in [6.07, 6.45) is 0. The van der Waals surface area contributed by atoms with Crippen LogP contribution in [0.5, 0.6) is 5.88 Å². The number of para-hydroxylation sites is 1. The number of rotatable bonds is 5. The van der Waals surface area contributed by atoms with Gasteiger partial charge in [0.1, 0.15) is 0 Å². The molecular weight excluding hydrogens is 258 g/mol. The molecule has 4 nitrogen and oxygen atoms in total. The Kier molecular flexibility index (Phi) is 4.27. The van der Waals surface area contributed by atoms with Crippen molar-refractivity contribution in [3.05, 3.63) is 34.7 Å². The molecule has 1 N–H and O–H groups in total. The van der Waals surface area contributed by atoms with Gasteiger partial charge in [0.05, 0.1) is 18.5 Å². The van der Waals surface area contributed by atoms with Crippen LogP contribution >= 0.6 is 11.3 Å². The maximum Gasteiger partial charge on any atom is 0.231 e. The molecule has 0 saturated carbocycles. The van der Waals surface area contributed by atoms with Gasteiger partial charge in [-0.25, -0.2) is 0 Å². The number of hydrogen-bond acceptors (Lipinski definition) is 5. The van der Waals surface area contributed by atoms with Gasteiger partial charge in [-0.15, -0.1) is 0 Å². The Labute approximate surface area is 118 Å². The molecule has 5 heteroatoms. The van der Waals surface area contributed by atoms with Crippen molar-refractivity contribution in [3.8, 4) is 5.88 Å². The lowest BCUT2D eigenvalue weighted by Gasteiger charge is -2.08. The number of aryl methyl sites for hydroxylation is 1. The van der Waals surface area contributed by atoms with Crippen LogP contribution in [0.3, 0.4) is 0 Å². The normalized spacial score (nSPS) is 10.3. The van der Waals surface area contributed by atoms with Gasteiger partial charge in [-0.1, -0.05) is 29.5 Å². The van der Waals surface area contributed by atoms with Crippen molar-refractivity contribution in [2.45, 2.75) is 13.5 Å². The number of thiazole rings is 1. The number of nitrogens with zero attached hydrogens (tertiary/aromatic N) is 2. The highest BCUT2D eigenvalue weighted by atomic mass is 32.1. The average Bonchev–Trinajstić information content (AvgIpc) is 2.81. The molecule has 0 aliphatic rings. The third-order valence-electron chi connectivity index (χ3n) is 2.81. The van der Waals surface area contributed by atoms with Gasteiger partial charge >= 0.3 is 0 Å². The number of methoxy groups -OCH3 is 1. The molecule has 0 aliphatic heterocycles. The molecular formula is C14H19N3OS. The average molecular weight is 277 g/mol. The van der Waals surface area contributed by atoms with Gasteiger partial charge in [0.25, 0.3) is 0 Å². The quantitative estimate of drug-likeness (QED) is 0.911. The zero-order valence-electron chi connectivity index (χ0n) is 11.7. The summed E-state index contributed by atoms with van der Waals surface area (Å²) in [4.78, 5) is 7.54. The van der Waals surface area contributed by atoms with Crippen LogP contribution in [0.25, 0.3) is 0 Å². The lowest BCUT2D eigenvalue weighted by molar-refractivity contribution is 0.397. The minimum Gasteiger partial charge on any atom is -0.480 e. The van der Waals surface area contributed by atoms with E-state index in [9.17, 15) is 0 Å². The first-order valence-electron chi connectivity index (χ1n) is 6.12. The summed E-state index contributed by atoms with van der Waals surface area (Å²) in [6.45, 7) is 2.82. The minimum absolute atomic E-state index is 0.704. The molecule has 0 saturated heterocycles. The summed E-state index contributed by atoms with van der Waals surface area (Å²) < 4.78 is 5.33. The van der Waals surface area contributed by atoms with Crippen LogP contribution in [-0.4, -0.2) is 26.2 Å². The van der Waals surface area contributed by atoms with Crippen LogP contribution in [0.1, 0.15) is 10.4 Å². The number of hydrogen-bond donors (Lipinski definition) is 1. The van der Waals surface area contributed by atoms with Crippen molar-refractivity contribution >= 4 is 22.2 Å². The molecule has 0 radical (unpaired) electrons. The van der Waals surface area contributed by atoms with Crippen molar-refractivity contribution in [2.75, 3.05) is 31.4 Å². The van der Waals surface area contributed by atoms with Gasteiger partial charge in [0.2, 0.25) is 5.88 Å². The molecule has 0 spiro atoms. The van der Waals surface area contributed by atoms with E-state index in [1.165, 1.54) is 5.56 Å². The molecule has 102 valence electrons. The van der Waals surface area contributed by atoms with Gasteiger partial charge in [0, 0.05) is 19.8 Å². The lowest BCUT2D eigenvalue weighted by Crippen LogP contribution is -2.07. The SMILES string of the molecule is COc1nc(N(C)C)sc1CNc1ccccc1C. The standard InChI is InChI=1S/C14H19N3OS/c1-10-7-5-6-8-11(10)15-9-12-13(18-4)16-14(19-12)17(2)3/h5-8,15H,9H2,1-4H3. The molecule has 0 amide bonds. The molecule has 2 aromatic rings. The zero-order valence-corrected chi connectivity index (χ0v) is 12.5. The van der Waals surface area contributed by atoms with Crippen molar-refractivity contribution in [2.24, 2.45) is 0 Å². The molecule has 1 aromatic heterocycles. The maximum absolute atomic E-state index is 5.33. The van der Waals surface area contributed by atoms with Gasteiger partial charge in [0.15, 0.2) is 5.13 Å². The number of anilines is 2. The molecule has 0 aliphatic carbocycles. The summed E-state index contributed by atoms with van der Waals surface area (Å²) in [6, 6.07) is 8.25. The first kappa shape index (κ1) is 13.7. The van der Waals surface area contributed by atoms with Crippen LogP contribution in [0.15, 0.2) is 24.3 Å². The van der Waals surface area contributed by atoms with E-state index in [0.29, 0.717) is 5.88 Å². The van der Waals surface area contributed by atoms with Gasteiger partial charge in [-0.3, -0.25) is 0 Å². The highest BCUT2D eigenvalue weighted by Crippen LogP contribution is 2.31. The fourth-order valence-corrected chi connectivity index (χ4v) is 2.63. The second-order valence-corrected chi connectivity index (χ2v) is 5.55. The molecule has 0 unspecified atom stereocenters. The van der Waals surface area contributed by atoms with Crippen molar-refractivity contribution < 1.29 is 4.74 Å². The van der Waals surface area contributed by atoms with Gasteiger partial charge < -0.3 is 15.0 Å². The summed E-state index contributed by atoms with van der Waals surface area (Å²) >= 11 is 1.64. The fourth-order valence-electron chi connectivity index (χ4n) is 1.74. The Morgan fingerprint density at radius 3 is 2.68 bits per heavy atom. The second-order valence-electron chi connectivity index (χ2n) is 4.49. The van der Waals surface area contributed by atoms with Gasteiger partial charge in [-0.2, -0.15) is 4.98 Å². The molecule has 1 heterocycles. The van der Waals surface area contributed by atoms with E-state index in [4.69, 9.17) is 4.74 Å². The Morgan fingerprint density at radius 2 is 2.05 bits per heavy atom. The van der Waals surface area contributed by atoms with E-state index >= 15 is 0 Å². The van der Waals surface area contributed by atoms with E-state index in [1.54, 1.807) is 18.4 Å². The van der Waals surface area contributed by atoms with Crippen LogP contribution in [0, 0.1) is 6.92 Å². The molecule has 2 rings (SSSR count).